The highest BCUT2D eigenvalue weighted by Crippen LogP contribution is 2.25. The molecule has 0 aliphatic heterocycles. The van der Waals surface area contributed by atoms with Crippen LogP contribution in [0.2, 0.25) is 0 Å². The van der Waals surface area contributed by atoms with Crippen LogP contribution in [0, 0.1) is 6.92 Å². The zero-order chi connectivity index (χ0) is 8.43. The molecule has 60 valence electrons. The normalized spacial score (nSPS) is 9.82. The summed E-state index contributed by atoms with van der Waals surface area (Å²) < 4.78 is 1.99. The van der Waals surface area contributed by atoms with E-state index in [1.54, 1.807) is 0 Å². The minimum Gasteiger partial charge on any atom is -0.372 e. The molecule has 0 unspecified atom stereocenters. The van der Waals surface area contributed by atoms with Crippen LogP contribution in [0.1, 0.15) is 5.69 Å². The molecule has 4 heteroatoms. The molecule has 1 aromatic heterocycles. The molecule has 11 heavy (non-hydrogen) atoms. The molecule has 0 aliphatic carbocycles. The Balaban J connectivity index is 3.21. The topological polar surface area (TPSA) is 24.9 Å². The van der Waals surface area contributed by atoms with Gasteiger partial charge in [-0.25, -0.2) is 4.98 Å². The van der Waals surface area contributed by atoms with Crippen molar-refractivity contribution in [3.8, 4) is 0 Å². The number of pyridine rings is 1. The molecular formula is C7H8Br2N2. The maximum atomic E-state index is 4.29. The first-order valence-electron chi connectivity index (χ1n) is 3.15. The Morgan fingerprint density at radius 3 is 2.55 bits per heavy atom. The molecule has 0 saturated carbocycles. The minimum absolute atomic E-state index is 0.866. The molecule has 0 radical (unpaired) electrons. The lowest BCUT2D eigenvalue weighted by Crippen LogP contribution is -1.95. The van der Waals surface area contributed by atoms with Gasteiger partial charge in [-0.2, -0.15) is 0 Å². The predicted octanol–water partition coefficient (Wildman–Crippen LogP) is 2.96. The molecule has 1 aromatic rings. The second-order valence-electron chi connectivity index (χ2n) is 2.14. The zero-order valence-electron chi connectivity index (χ0n) is 6.28. The van der Waals surface area contributed by atoms with Crippen molar-refractivity contribution in [2.75, 3.05) is 12.4 Å². The van der Waals surface area contributed by atoms with E-state index in [1.807, 2.05) is 20.0 Å². The van der Waals surface area contributed by atoms with E-state index < -0.39 is 0 Å². The fraction of sp³-hybridized carbons (Fsp3) is 0.286. The van der Waals surface area contributed by atoms with Crippen LogP contribution in [0.3, 0.4) is 0 Å². The number of hydrogen-bond donors (Lipinski definition) is 1. The lowest BCUT2D eigenvalue weighted by atomic mass is 10.4. The van der Waals surface area contributed by atoms with Gasteiger partial charge in [-0.3, -0.25) is 0 Å². The summed E-state index contributed by atoms with van der Waals surface area (Å²) in [5.41, 5.74) is 0.984. The van der Waals surface area contributed by atoms with Crippen molar-refractivity contribution in [3.05, 3.63) is 20.7 Å². The fourth-order valence-electron chi connectivity index (χ4n) is 0.734. The number of anilines is 1. The molecule has 0 saturated heterocycles. The Bertz CT molecular complexity index is 273. The van der Waals surface area contributed by atoms with Crippen LogP contribution in [0.5, 0.6) is 0 Å². The largest absolute Gasteiger partial charge is 0.372 e. The van der Waals surface area contributed by atoms with E-state index >= 15 is 0 Å². The van der Waals surface area contributed by atoms with Crippen molar-refractivity contribution in [2.24, 2.45) is 0 Å². The quantitative estimate of drug-likeness (QED) is 0.855. The van der Waals surface area contributed by atoms with Crippen LogP contribution in [0.15, 0.2) is 15.0 Å². The molecule has 1 rings (SSSR count). The Morgan fingerprint density at radius 1 is 1.36 bits per heavy atom. The summed E-state index contributed by atoms with van der Waals surface area (Å²) in [5.74, 6) is 0.866. The van der Waals surface area contributed by atoms with Crippen molar-refractivity contribution >= 4 is 37.7 Å². The Hall–Kier alpha value is -0.0900. The average Bonchev–Trinajstić information content (AvgIpc) is 1.97. The lowest BCUT2D eigenvalue weighted by Gasteiger charge is -2.04. The van der Waals surface area contributed by atoms with Crippen LogP contribution >= 0.6 is 31.9 Å². The van der Waals surface area contributed by atoms with E-state index in [-0.39, 0.29) is 0 Å². The Kier molecular flexibility index (Phi) is 2.90. The number of aryl methyl sites for hydroxylation is 1. The summed E-state index contributed by atoms with van der Waals surface area (Å²) in [7, 11) is 1.85. The highest BCUT2D eigenvalue weighted by atomic mass is 79.9. The summed E-state index contributed by atoms with van der Waals surface area (Å²) in [6, 6.07) is 1.98. The summed E-state index contributed by atoms with van der Waals surface area (Å²) in [6.45, 7) is 1.96. The summed E-state index contributed by atoms with van der Waals surface area (Å²) in [4.78, 5) is 4.29. The summed E-state index contributed by atoms with van der Waals surface area (Å²) >= 11 is 6.78. The SMILES string of the molecule is CNc1nc(C)c(Br)cc1Br. The summed E-state index contributed by atoms with van der Waals surface area (Å²) in [5, 5.41) is 2.98. The number of rotatable bonds is 1. The molecule has 0 bridgehead atoms. The second kappa shape index (κ2) is 3.54. The van der Waals surface area contributed by atoms with Crippen molar-refractivity contribution < 1.29 is 0 Å². The van der Waals surface area contributed by atoms with Crippen molar-refractivity contribution in [1.29, 1.82) is 0 Å². The van der Waals surface area contributed by atoms with E-state index in [9.17, 15) is 0 Å². The van der Waals surface area contributed by atoms with E-state index in [1.165, 1.54) is 0 Å². The van der Waals surface area contributed by atoms with Gasteiger partial charge in [0.1, 0.15) is 5.82 Å². The first-order chi connectivity index (χ1) is 5.15. The third-order valence-electron chi connectivity index (χ3n) is 1.34. The summed E-state index contributed by atoms with van der Waals surface area (Å²) in [6.07, 6.45) is 0. The lowest BCUT2D eigenvalue weighted by molar-refractivity contribution is 1.16. The Labute approximate surface area is 82.7 Å². The van der Waals surface area contributed by atoms with Crippen molar-refractivity contribution in [2.45, 2.75) is 6.92 Å². The number of halogens is 2. The average molecular weight is 280 g/mol. The first-order valence-corrected chi connectivity index (χ1v) is 4.74. The van der Waals surface area contributed by atoms with Gasteiger partial charge in [-0.15, -0.1) is 0 Å². The first kappa shape index (κ1) is 9.00. The highest BCUT2D eigenvalue weighted by molar-refractivity contribution is 9.11. The maximum Gasteiger partial charge on any atom is 0.140 e. The van der Waals surface area contributed by atoms with Gasteiger partial charge in [0.25, 0.3) is 0 Å². The van der Waals surface area contributed by atoms with Gasteiger partial charge in [0.2, 0.25) is 0 Å². The molecule has 2 nitrogen and oxygen atoms in total. The van der Waals surface area contributed by atoms with Crippen LogP contribution in [-0.2, 0) is 0 Å². The standard InChI is InChI=1S/C7H8Br2N2/c1-4-5(8)3-6(9)7(10-2)11-4/h3H,1-2H3,(H,10,11). The van der Waals surface area contributed by atoms with Gasteiger partial charge in [-0.05, 0) is 44.8 Å². The minimum atomic E-state index is 0.866. The molecule has 0 aromatic carbocycles. The van der Waals surface area contributed by atoms with E-state index in [2.05, 4.69) is 42.2 Å². The molecule has 0 atom stereocenters. The predicted molar refractivity (Wildman–Crippen MR) is 53.9 cm³/mol. The number of nitrogens with zero attached hydrogens (tertiary/aromatic N) is 1. The van der Waals surface area contributed by atoms with Crippen molar-refractivity contribution in [1.82, 2.24) is 4.98 Å². The fourth-order valence-corrected chi connectivity index (χ4v) is 1.87. The van der Waals surface area contributed by atoms with E-state index in [0.29, 0.717) is 0 Å². The smallest absolute Gasteiger partial charge is 0.140 e. The van der Waals surface area contributed by atoms with Gasteiger partial charge in [0.15, 0.2) is 0 Å². The molecule has 0 spiro atoms. The number of hydrogen-bond acceptors (Lipinski definition) is 2. The van der Waals surface area contributed by atoms with Crippen LogP contribution in [0.4, 0.5) is 5.82 Å². The second-order valence-corrected chi connectivity index (χ2v) is 3.84. The zero-order valence-corrected chi connectivity index (χ0v) is 9.45. The molecule has 0 fully saturated rings. The Morgan fingerprint density at radius 2 is 2.00 bits per heavy atom. The van der Waals surface area contributed by atoms with Gasteiger partial charge in [0, 0.05) is 11.5 Å². The molecule has 1 N–H and O–H groups in total. The number of aromatic nitrogens is 1. The number of nitrogens with one attached hydrogen (secondary N) is 1. The van der Waals surface area contributed by atoms with Crippen LogP contribution < -0.4 is 5.32 Å². The molecular weight excluding hydrogens is 272 g/mol. The van der Waals surface area contributed by atoms with E-state index in [4.69, 9.17) is 0 Å². The third kappa shape index (κ3) is 1.93. The van der Waals surface area contributed by atoms with Crippen LogP contribution in [-0.4, -0.2) is 12.0 Å². The van der Waals surface area contributed by atoms with Gasteiger partial charge in [-0.1, -0.05) is 0 Å². The molecule has 0 amide bonds. The van der Waals surface area contributed by atoms with E-state index in [0.717, 1.165) is 20.5 Å². The van der Waals surface area contributed by atoms with Gasteiger partial charge in [0.05, 0.1) is 10.2 Å². The molecule has 0 aliphatic rings. The monoisotopic (exact) mass is 278 g/mol. The van der Waals surface area contributed by atoms with Gasteiger partial charge >= 0.3 is 0 Å². The third-order valence-corrected chi connectivity index (χ3v) is 2.75. The van der Waals surface area contributed by atoms with Crippen LogP contribution in [0.25, 0.3) is 0 Å². The molecule has 1 heterocycles. The maximum absolute atomic E-state index is 4.29. The van der Waals surface area contributed by atoms with Gasteiger partial charge < -0.3 is 5.32 Å². The highest BCUT2D eigenvalue weighted by Gasteiger charge is 2.02. The van der Waals surface area contributed by atoms with Crippen molar-refractivity contribution in [3.63, 3.8) is 0 Å².